The van der Waals surface area contributed by atoms with Gasteiger partial charge >= 0.3 is 12.2 Å². The Kier molecular flexibility index (Phi) is 12.7. The maximum Gasteiger partial charge on any atom is 0.416 e. The van der Waals surface area contributed by atoms with E-state index in [2.05, 4.69) is 18.1 Å². The highest BCUT2D eigenvalue weighted by Gasteiger charge is 2.47. The lowest BCUT2D eigenvalue weighted by Gasteiger charge is -2.39. The zero-order valence-corrected chi connectivity index (χ0v) is 37.3. The molecule has 0 aliphatic carbocycles. The van der Waals surface area contributed by atoms with Crippen LogP contribution >= 0.6 is 0 Å². The van der Waals surface area contributed by atoms with Gasteiger partial charge in [-0.3, -0.25) is 19.6 Å². The topological polar surface area (TPSA) is 203 Å². The van der Waals surface area contributed by atoms with Gasteiger partial charge < -0.3 is 48.4 Å². The first-order valence-electron chi connectivity index (χ1n) is 21.8. The molecule has 3 aromatic carbocycles. The molecule has 2 aromatic heterocycles. The van der Waals surface area contributed by atoms with Crippen LogP contribution < -0.4 is 28.7 Å². The summed E-state index contributed by atoms with van der Waals surface area (Å²) in [5.74, 6) is -0.176. The summed E-state index contributed by atoms with van der Waals surface area (Å²) in [6.45, 7) is 7.14. The fourth-order valence-corrected chi connectivity index (χ4v) is 9.06. The fourth-order valence-electron chi connectivity index (χ4n) is 9.06. The Labute approximate surface area is 391 Å². The molecule has 350 valence electrons. The van der Waals surface area contributed by atoms with Crippen molar-refractivity contribution < 1.29 is 57.8 Å². The highest BCUT2D eigenvalue weighted by atomic mass is 16.6. The van der Waals surface area contributed by atoms with Gasteiger partial charge in [0.15, 0.2) is 35.5 Å². The molecule has 0 radical (unpaired) electrons. The average Bonchev–Trinajstić information content (AvgIpc) is 3.50. The maximum absolute atomic E-state index is 14.3. The number of fused-ring (bicyclic) bond motifs is 6. The molecule has 9 rings (SSSR count). The number of carbonyl (C=O) groups excluding carboxylic acids is 4. The van der Waals surface area contributed by atoms with Crippen LogP contribution in [0.2, 0.25) is 0 Å². The number of nitrogens with zero attached hydrogens (tertiary/aromatic N) is 6. The van der Waals surface area contributed by atoms with Crippen molar-refractivity contribution in [2.24, 2.45) is 0 Å². The first-order valence-corrected chi connectivity index (χ1v) is 21.8. The number of hydrogen-bond acceptors (Lipinski definition) is 14. The number of aromatic nitrogens is 2. The van der Waals surface area contributed by atoms with Crippen LogP contribution in [0.1, 0.15) is 54.5 Å². The molecule has 2 unspecified atom stereocenters. The smallest absolute Gasteiger partial charge is 0.416 e. The van der Waals surface area contributed by atoms with Crippen LogP contribution in [0, 0.1) is 0 Å². The van der Waals surface area contributed by atoms with E-state index in [0.717, 1.165) is 26.5 Å². The van der Waals surface area contributed by atoms with E-state index in [0.29, 0.717) is 23.5 Å². The molecule has 4 aliphatic heterocycles. The summed E-state index contributed by atoms with van der Waals surface area (Å²) in [7, 11) is 2.85. The first kappa shape index (κ1) is 45.2. The third-order valence-electron chi connectivity index (χ3n) is 12.4. The predicted molar refractivity (Wildman–Crippen MR) is 244 cm³/mol. The summed E-state index contributed by atoms with van der Waals surface area (Å²) < 4.78 is 34.8. The Hall–Kier alpha value is -7.96. The minimum Gasteiger partial charge on any atom is -0.493 e. The van der Waals surface area contributed by atoms with Crippen LogP contribution in [0.4, 0.5) is 21.0 Å². The van der Waals surface area contributed by atoms with Gasteiger partial charge in [-0.1, -0.05) is 61.7 Å². The van der Waals surface area contributed by atoms with Gasteiger partial charge in [0.2, 0.25) is 0 Å². The Morgan fingerprint density at radius 3 is 1.69 bits per heavy atom. The molecule has 6 heterocycles. The highest BCUT2D eigenvalue weighted by Crippen LogP contribution is 2.44. The Morgan fingerprint density at radius 1 is 0.662 bits per heavy atom. The van der Waals surface area contributed by atoms with E-state index in [1.165, 1.54) is 55.5 Å². The van der Waals surface area contributed by atoms with Crippen molar-refractivity contribution in [2.75, 3.05) is 37.2 Å². The van der Waals surface area contributed by atoms with Crippen molar-refractivity contribution in [2.45, 2.75) is 63.7 Å². The minimum absolute atomic E-state index is 0.0476. The number of rotatable bonds is 12. The van der Waals surface area contributed by atoms with E-state index in [4.69, 9.17) is 33.4 Å². The molecular weight excluding hydrogens is 877 g/mol. The van der Waals surface area contributed by atoms with Gasteiger partial charge in [-0.25, -0.2) is 19.4 Å². The van der Waals surface area contributed by atoms with Crippen LogP contribution in [0.3, 0.4) is 0 Å². The second-order valence-corrected chi connectivity index (χ2v) is 16.3. The molecule has 2 N–H and O–H groups in total. The maximum atomic E-state index is 14.3. The molecule has 4 atom stereocenters. The molecule has 68 heavy (non-hydrogen) atoms. The van der Waals surface area contributed by atoms with E-state index >= 15 is 0 Å². The molecule has 5 aromatic rings. The SMILES string of the molecule is C=CCOC(=O)N1c2cc(OCc3cccc(COc4cc5c(cc4OC)C(=O)N4Cc6cccnc6C[C@H]4C(O)N5C(=O)OCC=C)n3)c(OC)cc2C(=O)N2Cc3ccccc3C[C@H]2C1O. The Morgan fingerprint density at radius 2 is 1.16 bits per heavy atom. The molecule has 4 amide bonds. The standard InChI is InChI=1S/C50H48N6O12/c1-5-17-65-49(61)55-37-23-43(41(63-3)20-34(37)45(57)53-25-30-12-8-7-11-29(30)19-39(53)47(55)59)67-27-32-14-9-15-33(52-32)28-68-44-24-38-35(21-42(44)64-4)46(58)54-26-31-13-10-16-51-36(31)22-40(54)48(60)56(38)50(62)66-18-6-2/h5-16,20-21,23-24,39-40,47-48,59-60H,1-2,17-19,22,25-28H2,3-4H3/t39-,40-,47?,48?/m0/s1. The van der Waals surface area contributed by atoms with Gasteiger partial charge in [0.25, 0.3) is 11.8 Å². The number of benzene rings is 3. The monoisotopic (exact) mass is 924 g/mol. The molecule has 18 nitrogen and oxygen atoms in total. The predicted octanol–water partition coefficient (Wildman–Crippen LogP) is 5.71. The van der Waals surface area contributed by atoms with Crippen molar-refractivity contribution >= 4 is 35.4 Å². The Bertz CT molecular complexity index is 2640. The largest absolute Gasteiger partial charge is 0.493 e. The third-order valence-corrected chi connectivity index (χ3v) is 12.4. The van der Waals surface area contributed by atoms with Crippen LogP contribution in [0.5, 0.6) is 23.0 Å². The van der Waals surface area contributed by atoms with Gasteiger partial charge in [-0.05, 0) is 53.4 Å². The van der Waals surface area contributed by atoms with Crippen molar-refractivity contribution in [3.05, 3.63) is 155 Å². The van der Waals surface area contributed by atoms with Crippen molar-refractivity contribution in [1.29, 1.82) is 0 Å². The molecule has 0 bridgehead atoms. The average molecular weight is 925 g/mol. The number of pyridine rings is 2. The van der Waals surface area contributed by atoms with Gasteiger partial charge in [-0.2, -0.15) is 0 Å². The zero-order valence-electron chi connectivity index (χ0n) is 37.3. The van der Waals surface area contributed by atoms with Gasteiger partial charge in [-0.15, -0.1) is 0 Å². The summed E-state index contributed by atoms with van der Waals surface area (Å²) in [6.07, 6.45) is 0.139. The van der Waals surface area contributed by atoms with E-state index in [9.17, 15) is 29.4 Å². The third kappa shape index (κ3) is 8.39. The van der Waals surface area contributed by atoms with Crippen LogP contribution in [-0.4, -0.2) is 106 Å². The van der Waals surface area contributed by atoms with E-state index in [-0.39, 0.29) is 91.4 Å². The van der Waals surface area contributed by atoms with Crippen LogP contribution in [0.25, 0.3) is 0 Å². The fraction of sp³-hybridized carbons (Fsp3) is 0.280. The van der Waals surface area contributed by atoms with Gasteiger partial charge in [0, 0.05) is 43.5 Å². The number of ether oxygens (including phenoxy) is 6. The number of aliphatic hydroxyl groups is 2. The molecule has 4 aliphatic rings. The zero-order chi connectivity index (χ0) is 47.6. The lowest BCUT2D eigenvalue weighted by atomic mass is 9.93. The van der Waals surface area contributed by atoms with E-state index < -0.39 is 48.5 Å². The quantitative estimate of drug-likeness (QED) is 0.144. The lowest BCUT2D eigenvalue weighted by Crippen LogP contribution is -2.55. The number of anilines is 2. The number of carbonyl (C=O) groups is 4. The molecule has 0 saturated carbocycles. The number of methoxy groups -OCH3 is 2. The number of hydrogen-bond donors (Lipinski definition) is 2. The second kappa shape index (κ2) is 19.1. The molecule has 18 heteroatoms. The molecular formula is C50H48N6O12. The van der Waals surface area contributed by atoms with Crippen molar-refractivity contribution in [1.82, 2.24) is 19.8 Å². The van der Waals surface area contributed by atoms with Crippen LogP contribution in [0.15, 0.2) is 110 Å². The lowest BCUT2D eigenvalue weighted by molar-refractivity contribution is 0.0294. The Balaban J connectivity index is 0.976. The molecule has 0 fully saturated rings. The summed E-state index contributed by atoms with van der Waals surface area (Å²) in [4.78, 5) is 70.4. The summed E-state index contributed by atoms with van der Waals surface area (Å²) >= 11 is 0. The number of amides is 4. The summed E-state index contributed by atoms with van der Waals surface area (Å²) in [5.41, 5.74) is 4.64. The highest BCUT2D eigenvalue weighted by molar-refractivity contribution is 6.07. The second-order valence-electron chi connectivity index (χ2n) is 16.3. The molecule has 0 spiro atoms. The van der Waals surface area contributed by atoms with E-state index in [1.807, 2.05) is 30.3 Å². The molecule has 0 saturated heterocycles. The van der Waals surface area contributed by atoms with Crippen LogP contribution in [-0.2, 0) is 48.6 Å². The normalized spacial score (nSPS) is 19.1. The summed E-state index contributed by atoms with van der Waals surface area (Å²) in [5, 5.41) is 23.8. The summed E-state index contributed by atoms with van der Waals surface area (Å²) in [6, 6.07) is 20.7. The van der Waals surface area contributed by atoms with Gasteiger partial charge in [0.1, 0.15) is 26.4 Å². The van der Waals surface area contributed by atoms with Crippen molar-refractivity contribution in [3.63, 3.8) is 0 Å². The number of aliphatic hydroxyl groups excluding tert-OH is 2. The van der Waals surface area contributed by atoms with Crippen molar-refractivity contribution in [3.8, 4) is 23.0 Å². The van der Waals surface area contributed by atoms with Gasteiger partial charge in [0.05, 0.1) is 60.2 Å². The first-order chi connectivity index (χ1) is 33.0. The van der Waals surface area contributed by atoms with E-state index in [1.54, 1.807) is 35.4 Å². The minimum atomic E-state index is -1.52.